The van der Waals surface area contributed by atoms with Crippen LogP contribution in [0.1, 0.15) is 32.6 Å². The predicted octanol–water partition coefficient (Wildman–Crippen LogP) is -0.702. The molecule has 106 valence electrons. The molecule has 0 saturated carbocycles. The number of rotatable bonds is 6. The molecule has 1 aliphatic rings. The van der Waals surface area contributed by atoms with Crippen LogP contribution in [0.4, 0.5) is 0 Å². The van der Waals surface area contributed by atoms with Crippen LogP contribution in [-0.2, 0) is 28.8 Å². The molecule has 1 unspecified atom stereocenters. The number of ether oxygens (including phenoxy) is 1. The van der Waals surface area contributed by atoms with Crippen molar-refractivity contribution in [3.63, 3.8) is 0 Å². The summed E-state index contributed by atoms with van der Waals surface area (Å²) < 4.78 is 4.79. The van der Waals surface area contributed by atoms with Crippen LogP contribution >= 0.6 is 0 Å². The lowest BCUT2D eigenvalue weighted by Gasteiger charge is -2.15. The summed E-state index contributed by atoms with van der Waals surface area (Å²) in [5.74, 6) is -2.62. The molecule has 1 aliphatic heterocycles. The van der Waals surface area contributed by atoms with Crippen molar-refractivity contribution in [3.8, 4) is 0 Å². The first-order chi connectivity index (χ1) is 8.93. The molecule has 0 radical (unpaired) electrons. The molecule has 1 saturated heterocycles. The number of carbonyl (C=O) groups is 4. The van der Waals surface area contributed by atoms with Gasteiger partial charge in [0.1, 0.15) is 6.10 Å². The second-order valence-corrected chi connectivity index (χ2v) is 4.02. The van der Waals surface area contributed by atoms with Crippen LogP contribution in [0.15, 0.2) is 0 Å². The summed E-state index contributed by atoms with van der Waals surface area (Å²) in [5.41, 5.74) is 0. The zero-order valence-electron chi connectivity index (χ0n) is 10.5. The molecule has 8 heteroatoms. The van der Waals surface area contributed by atoms with Gasteiger partial charge >= 0.3 is 11.9 Å². The minimum atomic E-state index is -0.840. The normalized spacial score (nSPS) is 16.4. The number of hydrogen-bond acceptors (Lipinski definition) is 7. The number of aliphatic hydroxyl groups is 1. The fourth-order valence-electron chi connectivity index (χ4n) is 1.45. The molecule has 0 aromatic heterocycles. The summed E-state index contributed by atoms with van der Waals surface area (Å²) in [7, 11) is 0. The number of hydroxylamine groups is 2. The van der Waals surface area contributed by atoms with Gasteiger partial charge in [0.15, 0.2) is 0 Å². The van der Waals surface area contributed by atoms with Crippen molar-refractivity contribution in [2.75, 3.05) is 6.61 Å². The van der Waals surface area contributed by atoms with Crippen LogP contribution < -0.4 is 0 Å². The number of nitrogens with zero attached hydrogens (tertiary/aromatic N) is 1. The highest BCUT2D eigenvalue weighted by molar-refractivity contribution is 6.01. The van der Waals surface area contributed by atoms with Gasteiger partial charge in [-0.2, -0.15) is 0 Å². The molecule has 1 heterocycles. The lowest BCUT2D eigenvalue weighted by Crippen LogP contribution is -2.33. The first-order valence-electron chi connectivity index (χ1n) is 5.81. The van der Waals surface area contributed by atoms with E-state index in [1.54, 1.807) is 0 Å². The summed E-state index contributed by atoms with van der Waals surface area (Å²) >= 11 is 0. The van der Waals surface area contributed by atoms with Crippen molar-refractivity contribution in [1.82, 2.24) is 5.06 Å². The van der Waals surface area contributed by atoms with E-state index in [2.05, 4.69) is 4.84 Å². The molecule has 19 heavy (non-hydrogen) atoms. The van der Waals surface area contributed by atoms with E-state index < -0.39 is 29.9 Å². The van der Waals surface area contributed by atoms with Crippen molar-refractivity contribution in [2.24, 2.45) is 0 Å². The topological polar surface area (TPSA) is 110 Å². The van der Waals surface area contributed by atoms with E-state index in [9.17, 15) is 19.2 Å². The molecule has 8 nitrogen and oxygen atoms in total. The molecule has 1 fully saturated rings. The third-order valence-corrected chi connectivity index (χ3v) is 2.30. The van der Waals surface area contributed by atoms with Crippen molar-refractivity contribution in [2.45, 2.75) is 38.7 Å². The minimum Gasteiger partial charge on any atom is -0.462 e. The van der Waals surface area contributed by atoms with Crippen LogP contribution in [0.3, 0.4) is 0 Å². The Hall–Kier alpha value is -1.96. The standard InChI is InChI=1S/C11H15NO7/c1-7(18-10(16)4-5-13)6-11(17)19-12-8(14)2-3-9(12)15/h7,13H,2-6H2,1H3. The Morgan fingerprint density at radius 1 is 1.26 bits per heavy atom. The number of esters is 1. The molecule has 0 aliphatic carbocycles. The zero-order chi connectivity index (χ0) is 14.4. The Labute approximate surface area is 109 Å². The average molecular weight is 273 g/mol. The third-order valence-electron chi connectivity index (χ3n) is 2.30. The number of aliphatic hydroxyl groups excluding tert-OH is 1. The Balaban J connectivity index is 2.36. The summed E-state index contributed by atoms with van der Waals surface area (Å²) in [6, 6.07) is 0. The Morgan fingerprint density at radius 2 is 1.84 bits per heavy atom. The minimum absolute atomic E-state index is 0.0210. The average Bonchev–Trinajstić information content (AvgIpc) is 2.60. The van der Waals surface area contributed by atoms with Gasteiger partial charge in [0, 0.05) is 12.8 Å². The van der Waals surface area contributed by atoms with E-state index in [1.165, 1.54) is 6.92 Å². The van der Waals surface area contributed by atoms with Crippen molar-refractivity contribution >= 4 is 23.8 Å². The third kappa shape index (κ3) is 4.66. The van der Waals surface area contributed by atoms with Gasteiger partial charge in [-0.3, -0.25) is 14.4 Å². The smallest absolute Gasteiger partial charge is 0.336 e. The molecule has 1 rings (SSSR count). The molecule has 2 amide bonds. The highest BCUT2D eigenvalue weighted by Crippen LogP contribution is 2.13. The molecule has 0 spiro atoms. The van der Waals surface area contributed by atoms with E-state index in [0.29, 0.717) is 5.06 Å². The van der Waals surface area contributed by atoms with Crippen molar-refractivity contribution in [1.29, 1.82) is 0 Å². The first-order valence-corrected chi connectivity index (χ1v) is 5.81. The summed E-state index contributed by atoms with van der Waals surface area (Å²) in [6.45, 7) is 1.12. The summed E-state index contributed by atoms with van der Waals surface area (Å²) in [6.07, 6.45) is -1.17. The maximum absolute atomic E-state index is 11.4. The molecule has 1 atom stereocenters. The van der Waals surface area contributed by atoms with Gasteiger partial charge in [-0.1, -0.05) is 0 Å². The maximum Gasteiger partial charge on any atom is 0.336 e. The van der Waals surface area contributed by atoms with Gasteiger partial charge in [-0.15, -0.1) is 5.06 Å². The van der Waals surface area contributed by atoms with Gasteiger partial charge < -0.3 is 14.7 Å². The maximum atomic E-state index is 11.4. The number of amides is 2. The molecule has 0 aromatic carbocycles. The van der Waals surface area contributed by atoms with Crippen LogP contribution in [0.5, 0.6) is 0 Å². The summed E-state index contributed by atoms with van der Waals surface area (Å²) in [4.78, 5) is 49.4. The van der Waals surface area contributed by atoms with Crippen molar-refractivity contribution < 1.29 is 33.9 Å². The molecule has 0 bridgehead atoms. The quantitative estimate of drug-likeness (QED) is 0.503. The van der Waals surface area contributed by atoms with Crippen LogP contribution in [0.25, 0.3) is 0 Å². The highest BCUT2D eigenvalue weighted by Gasteiger charge is 2.33. The van der Waals surface area contributed by atoms with E-state index >= 15 is 0 Å². The molecule has 1 N–H and O–H groups in total. The number of carbonyl (C=O) groups excluding carboxylic acids is 4. The lowest BCUT2D eigenvalue weighted by molar-refractivity contribution is -0.199. The molecular weight excluding hydrogens is 258 g/mol. The highest BCUT2D eigenvalue weighted by atomic mass is 16.7. The Bertz CT molecular complexity index is 377. The largest absolute Gasteiger partial charge is 0.462 e. The van der Waals surface area contributed by atoms with Gasteiger partial charge in [0.05, 0.1) is 19.4 Å². The second-order valence-electron chi connectivity index (χ2n) is 4.02. The fourth-order valence-corrected chi connectivity index (χ4v) is 1.45. The zero-order valence-corrected chi connectivity index (χ0v) is 10.5. The van der Waals surface area contributed by atoms with Crippen molar-refractivity contribution in [3.05, 3.63) is 0 Å². The van der Waals surface area contributed by atoms with Crippen LogP contribution in [0.2, 0.25) is 0 Å². The number of hydrogen-bond donors (Lipinski definition) is 1. The van der Waals surface area contributed by atoms with Crippen LogP contribution in [-0.4, -0.2) is 46.6 Å². The van der Waals surface area contributed by atoms with E-state index in [4.69, 9.17) is 9.84 Å². The lowest BCUT2D eigenvalue weighted by atomic mass is 10.3. The van der Waals surface area contributed by atoms with E-state index in [-0.39, 0.29) is 32.3 Å². The fraction of sp³-hybridized carbons (Fsp3) is 0.636. The predicted molar refractivity (Wildman–Crippen MR) is 59.1 cm³/mol. The van der Waals surface area contributed by atoms with Gasteiger partial charge in [0.25, 0.3) is 11.8 Å². The first kappa shape index (κ1) is 15.1. The summed E-state index contributed by atoms with van der Waals surface area (Å²) in [5, 5.41) is 8.94. The SMILES string of the molecule is CC(CC(=O)ON1C(=O)CCC1=O)OC(=O)CCO. The van der Waals surface area contributed by atoms with Crippen LogP contribution in [0, 0.1) is 0 Å². The monoisotopic (exact) mass is 273 g/mol. The number of imide groups is 1. The molecular formula is C11H15NO7. The Kier molecular flexibility index (Phi) is 5.43. The molecule has 0 aromatic rings. The van der Waals surface area contributed by atoms with E-state index in [1.807, 2.05) is 0 Å². The van der Waals surface area contributed by atoms with E-state index in [0.717, 1.165) is 0 Å². The Morgan fingerprint density at radius 3 is 2.37 bits per heavy atom. The van der Waals surface area contributed by atoms with Gasteiger partial charge in [-0.25, -0.2) is 4.79 Å². The van der Waals surface area contributed by atoms with Gasteiger partial charge in [-0.05, 0) is 6.92 Å². The van der Waals surface area contributed by atoms with Gasteiger partial charge in [0.2, 0.25) is 0 Å². The second kappa shape index (κ2) is 6.83.